The number of amides is 1. The maximum Gasteiger partial charge on any atom is 0.243 e. The minimum atomic E-state index is -3.60. The number of fused-ring (bicyclic) bond motifs is 1. The summed E-state index contributed by atoms with van der Waals surface area (Å²) in [5.74, 6) is -0.246. The smallest absolute Gasteiger partial charge is 0.243 e. The van der Waals surface area contributed by atoms with Crippen LogP contribution in [0.1, 0.15) is 18.4 Å². The minimum absolute atomic E-state index is 0.0551. The summed E-state index contributed by atoms with van der Waals surface area (Å²) in [7, 11) is -3.60. The highest BCUT2D eigenvalue weighted by Gasteiger charge is 2.36. The van der Waals surface area contributed by atoms with E-state index in [1.165, 1.54) is 4.31 Å². The number of aryl methyl sites for hydroxylation is 1. The lowest BCUT2D eigenvalue weighted by Crippen LogP contribution is -2.53. The SMILES string of the molecule is Cc1ccc(S(=O)(=O)N2CCCC(C(=O)N3CCN(c4nc5ccc(Cl)cc5s4)CC3)C2)cc1. The lowest BCUT2D eigenvalue weighted by Gasteiger charge is -2.38. The fraction of sp³-hybridized carbons (Fsp3) is 0.417. The van der Waals surface area contributed by atoms with E-state index in [2.05, 4.69) is 4.90 Å². The van der Waals surface area contributed by atoms with Gasteiger partial charge in [-0.3, -0.25) is 4.79 Å². The molecule has 1 amide bonds. The lowest BCUT2D eigenvalue weighted by atomic mass is 9.98. The number of carbonyl (C=O) groups is 1. The highest BCUT2D eigenvalue weighted by Crippen LogP contribution is 2.32. The van der Waals surface area contributed by atoms with Gasteiger partial charge in [0.05, 0.1) is 21.0 Å². The zero-order valence-corrected chi connectivity index (χ0v) is 21.4. The van der Waals surface area contributed by atoms with Gasteiger partial charge in [0.1, 0.15) is 0 Å². The first-order chi connectivity index (χ1) is 16.3. The third kappa shape index (κ3) is 4.66. The van der Waals surface area contributed by atoms with Crippen molar-refractivity contribution in [3.8, 4) is 0 Å². The summed E-state index contributed by atoms with van der Waals surface area (Å²) in [6, 6.07) is 12.6. The van der Waals surface area contributed by atoms with Gasteiger partial charge in [-0.25, -0.2) is 13.4 Å². The van der Waals surface area contributed by atoms with Crippen LogP contribution in [-0.4, -0.2) is 67.8 Å². The van der Waals surface area contributed by atoms with Crippen LogP contribution >= 0.6 is 22.9 Å². The number of nitrogens with zero attached hydrogens (tertiary/aromatic N) is 4. The van der Waals surface area contributed by atoms with Crippen LogP contribution in [0.3, 0.4) is 0 Å². The van der Waals surface area contributed by atoms with Gasteiger partial charge in [0, 0.05) is 44.3 Å². The number of carbonyl (C=O) groups excluding carboxylic acids is 1. The Bertz CT molecular complexity index is 1300. The van der Waals surface area contributed by atoms with Crippen molar-refractivity contribution < 1.29 is 13.2 Å². The van der Waals surface area contributed by atoms with E-state index in [1.807, 2.05) is 30.0 Å². The molecule has 0 saturated carbocycles. The Hall–Kier alpha value is -2.20. The van der Waals surface area contributed by atoms with Crippen LogP contribution in [0.5, 0.6) is 0 Å². The third-order valence-corrected chi connectivity index (χ3v) is 9.79. The van der Waals surface area contributed by atoms with Gasteiger partial charge in [0.25, 0.3) is 0 Å². The lowest BCUT2D eigenvalue weighted by molar-refractivity contribution is -0.137. The third-order valence-electron chi connectivity index (χ3n) is 6.59. The molecule has 34 heavy (non-hydrogen) atoms. The van der Waals surface area contributed by atoms with Crippen LogP contribution in [-0.2, 0) is 14.8 Å². The molecule has 10 heteroatoms. The molecule has 0 radical (unpaired) electrons. The highest BCUT2D eigenvalue weighted by atomic mass is 35.5. The molecule has 3 aromatic rings. The van der Waals surface area contributed by atoms with E-state index >= 15 is 0 Å². The fourth-order valence-electron chi connectivity index (χ4n) is 4.62. The second-order valence-corrected chi connectivity index (χ2v) is 12.3. The van der Waals surface area contributed by atoms with Crippen LogP contribution < -0.4 is 4.90 Å². The molecule has 3 heterocycles. The van der Waals surface area contributed by atoms with Gasteiger partial charge < -0.3 is 9.80 Å². The Labute approximate surface area is 209 Å². The number of hydrogen-bond donors (Lipinski definition) is 0. The Morgan fingerprint density at radius 3 is 2.53 bits per heavy atom. The summed E-state index contributed by atoms with van der Waals surface area (Å²) in [5, 5.41) is 1.64. The molecule has 180 valence electrons. The predicted octanol–water partition coefficient (Wildman–Crippen LogP) is 4.01. The van der Waals surface area contributed by atoms with Crippen molar-refractivity contribution in [3.05, 3.63) is 53.1 Å². The number of hydrogen-bond acceptors (Lipinski definition) is 6. The number of aromatic nitrogens is 1. The molecule has 2 saturated heterocycles. The number of sulfonamides is 1. The fourth-order valence-corrected chi connectivity index (χ4v) is 7.44. The van der Waals surface area contributed by atoms with Gasteiger partial charge in [0.15, 0.2) is 5.13 Å². The van der Waals surface area contributed by atoms with Gasteiger partial charge in [-0.2, -0.15) is 4.31 Å². The van der Waals surface area contributed by atoms with Crippen molar-refractivity contribution in [1.82, 2.24) is 14.2 Å². The normalized spacial score (nSPS) is 20.1. The zero-order valence-electron chi connectivity index (χ0n) is 19.0. The average molecular weight is 519 g/mol. The number of rotatable bonds is 4. The van der Waals surface area contributed by atoms with Crippen molar-refractivity contribution in [2.24, 2.45) is 5.92 Å². The molecule has 2 aromatic carbocycles. The molecule has 0 aliphatic carbocycles. The molecule has 1 aromatic heterocycles. The molecule has 0 spiro atoms. The number of piperazine rings is 1. The highest BCUT2D eigenvalue weighted by molar-refractivity contribution is 7.89. The van der Waals surface area contributed by atoms with Crippen molar-refractivity contribution in [2.75, 3.05) is 44.2 Å². The molecule has 1 unspecified atom stereocenters. The van der Waals surface area contributed by atoms with Crippen molar-refractivity contribution in [3.63, 3.8) is 0 Å². The molecule has 2 aliphatic rings. The number of anilines is 1. The summed E-state index contributed by atoms with van der Waals surface area (Å²) < 4.78 is 28.8. The summed E-state index contributed by atoms with van der Waals surface area (Å²) in [4.78, 5) is 22.4. The van der Waals surface area contributed by atoms with E-state index in [0.29, 0.717) is 44.2 Å². The van der Waals surface area contributed by atoms with Crippen LogP contribution in [0.4, 0.5) is 5.13 Å². The molecule has 0 N–H and O–H groups in total. The van der Waals surface area contributed by atoms with E-state index in [-0.39, 0.29) is 23.3 Å². The molecule has 2 aliphatic heterocycles. The van der Waals surface area contributed by atoms with Crippen LogP contribution in [0, 0.1) is 12.8 Å². The molecular formula is C24H27ClN4O3S2. The number of piperidine rings is 1. The van der Waals surface area contributed by atoms with Gasteiger partial charge in [-0.1, -0.05) is 40.6 Å². The standard InChI is InChI=1S/C24H27ClN4O3S2/c1-17-4-7-20(8-5-17)34(31,32)29-10-2-3-18(16-29)23(30)27-11-13-28(14-12-27)24-26-21-9-6-19(25)15-22(21)33-24/h4-9,15,18H,2-3,10-14,16H2,1H3. The summed E-state index contributed by atoms with van der Waals surface area (Å²) in [6.07, 6.45) is 1.41. The van der Waals surface area contributed by atoms with E-state index in [4.69, 9.17) is 16.6 Å². The minimum Gasteiger partial charge on any atom is -0.345 e. The van der Waals surface area contributed by atoms with E-state index < -0.39 is 10.0 Å². The molecule has 5 rings (SSSR count). The number of thiazole rings is 1. The predicted molar refractivity (Wildman–Crippen MR) is 136 cm³/mol. The largest absolute Gasteiger partial charge is 0.345 e. The molecule has 1 atom stereocenters. The maximum absolute atomic E-state index is 13.3. The van der Waals surface area contributed by atoms with E-state index in [0.717, 1.165) is 27.3 Å². The second kappa shape index (κ2) is 9.45. The quantitative estimate of drug-likeness (QED) is 0.522. The summed E-state index contributed by atoms with van der Waals surface area (Å²) in [5.41, 5.74) is 1.94. The topological polar surface area (TPSA) is 73.8 Å². The molecule has 7 nitrogen and oxygen atoms in total. The van der Waals surface area contributed by atoms with Crippen LogP contribution in [0.25, 0.3) is 10.2 Å². The first-order valence-electron chi connectivity index (χ1n) is 11.5. The number of benzene rings is 2. The van der Waals surface area contributed by atoms with Crippen molar-refractivity contribution >= 4 is 54.2 Å². The van der Waals surface area contributed by atoms with Gasteiger partial charge in [-0.05, 0) is 50.1 Å². The average Bonchev–Trinajstić information content (AvgIpc) is 3.27. The maximum atomic E-state index is 13.3. The Morgan fingerprint density at radius 2 is 1.79 bits per heavy atom. The summed E-state index contributed by atoms with van der Waals surface area (Å²) >= 11 is 7.71. The molecular weight excluding hydrogens is 492 g/mol. The van der Waals surface area contributed by atoms with Crippen molar-refractivity contribution in [1.29, 1.82) is 0 Å². The molecule has 0 bridgehead atoms. The second-order valence-electron chi connectivity index (χ2n) is 8.94. The van der Waals surface area contributed by atoms with E-state index in [1.54, 1.807) is 35.6 Å². The van der Waals surface area contributed by atoms with Crippen LogP contribution in [0.15, 0.2) is 47.4 Å². The van der Waals surface area contributed by atoms with Gasteiger partial charge in [-0.15, -0.1) is 0 Å². The first kappa shape index (κ1) is 23.5. The Morgan fingerprint density at radius 1 is 1.06 bits per heavy atom. The molecule has 2 fully saturated rings. The van der Waals surface area contributed by atoms with Crippen LogP contribution in [0.2, 0.25) is 5.02 Å². The number of halogens is 1. The monoisotopic (exact) mass is 518 g/mol. The van der Waals surface area contributed by atoms with E-state index in [9.17, 15) is 13.2 Å². The Balaban J connectivity index is 1.22. The zero-order chi connectivity index (χ0) is 23.9. The van der Waals surface area contributed by atoms with Crippen molar-refractivity contribution in [2.45, 2.75) is 24.7 Å². The summed E-state index contributed by atoms with van der Waals surface area (Å²) in [6.45, 7) is 5.25. The first-order valence-corrected chi connectivity index (χ1v) is 14.1. The van der Waals surface area contributed by atoms with Gasteiger partial charge >= 0.3 is 0 Å². The van der Waals surface area contributed by atoms with Gasteiger partial charge in [0.2, 0.25) is 15.9 Å². The Kier molecular flexibility index (Phi) is 6.54.